The van der Waals surface area contributed by atoms with Gasteiger partial charge >= 0.3 is 12.0 Å². The van der Waals surface area contributed by atoms with Gasteiger partial charge < -0.3 is 15.3 Å². The molecule has 0 spiro atoms. The van der Waals surface area contributed by atoms with Crippen LogP contribution >= 0.6 is 0 Å². The topological polar surface area (TPSA) is 93.4 Å². The molecule has 0 bridgehead atoms. The van der Waals surface area contributed by atoms with Crippen LogP contribution in [0.3, 0.4) is 0 Å². The van der Waals surface area contributed by atoms with E-state index in [0.717, 1.165) is 12.1 Å². The van der Waals surface area contributed by atoms with E-state index in [1.54, 1.807) is 6.92 Å². The van der Waals surface area contributed by atoms with Gasteiger partial charge in [0.1, 0.15) is 11.9 Å². The fourth-order valence-electron chi connectivity index (χ4n) is 2.11. The maximum Gasteiger partial charge on any atom is 0.321 e. The molecule has 0 radical (unpaired) electrons. The van der Waals surface area contributed by atoms with E-state index < -0.39 is 23.7 Å². The number of nitrogens with one attached hydrogen (secondary N) is 1. The van der Waals surface area contributed by atoms with Crippen LogP contribution in [0, 0.1) is 29.0 Å². The van der Waals surface area contributed by atoms with Gasteiger partial charge in [0.15, 0.2) is 0 Å². The Labute approximate surface area is 120 Å². The van der Waals surface area contributed by atoms with E-state index in [-0.39, 0.29) is 17.2 Å². The summed E-state index contributed by atoms with van der Waals surface area (Å²) in [6, 6.07) is 4.90. The molecule has 0 saturated carbocycles. The lowest BCUT2D eigenvalue weighted by Crippen LogP contribution is -2.54. The van der Waals surface area contributed by atoms with Gasteiger partial charge in [0.05, 0.1) is 17.2 Å². The summed E-state index contributed by atoms with van der Waals surface area (Å²) in [4.78, 5) is 24.2. The van der Waals surface area contributed by atoms with Crippen LogP contribution in [0.5, 0.6) is 0 Å². The largest absolute Gasteiger partial charge is 0.481 e. The molecule has 2 N–H and O–H groups in total. The molecule has 0 aliphatic carbocycles. The van der Waals surface area contributed by atoms with E-state index in [1.165, 1.54) is 11.0 Å². The second-order valence-electron chi connectivity index (χ2n) is 5.02. The number of nitrogens with zero attached hydrogens (tertiary/aromatic N) is 2. The van der Waals surface area contributed by atoms with Crippen molar-refractivity contribution in [2.45, 2.75) is 6.92 Å². The zero-order chi connectivity index (χ0) is 15.6. The van der Waals surface area contributed by atoms with Crippen molar-refractivity contribution in [1.29, 1.82) is 5.26 Å². The molecule has 1 fully saturated rings. The molecule has 2 rings (SSSR count). The van der Waals surface area contributed by atoms with Crippen molar-refractivity contribution in [2.24, 2.45) is 11.8 Å². The highest BCUT2D eigenvalue weighted by Gasteiger charge is 2.37. The van der Waals surface area contributed by atoms with Gasteiger partial charge in [-0.3, -0.25) is 4.79 Å². The molecule has 6 nitrogen and oxygen atoms in total. The van der Waals surface area contributed by atoms with Gasteiger partial charge in [-0.25, -0.2) is 9.18 Å². The second kappa shape index (κ2) is 5.79. The Morgan fingerprint density at radius 1 is 1.52 bits per heavy atom. The molecule has 110 valence electrons. The van der Waals surface area contributed by atoms with Crippen molar-refractivity contribution in [3.8, 4) is 6.07 Å². The number of hydrogen-bond acceptors (Lipinski definition) is 3. The van der Waals surface area contributed by atoms with Gasteiger partial charge in [0, 0.05) is 19.0 Å². The minimum absolute atomic E-state index is 0.0410. The van der Waals surface area contributed by atoms with Crippen LogP contribution in [-0.4, -0.2) is 35.1 Å². The summed E-state index contributed by atoms with van der Waals surface area (Å²) >= 11 is 0. The lowest BCUT2D eigenvalue weighted by atomic mass is 9.87. The highest BCUT2D eigenvalue weighted by molar-refractivity contribution is 5.91. The Morgan fingerprint density at radius 3 is 2.76 bits per heavy atom. The Morgan fingerprint density at radius 2 is 2.19 bits per heavy atom. The quantitative estimate of drug-likeness (QED) is 0.889. The summed E-state index contributed by atoms with van der Waals surface area (Å²) in [6.07, 6.45) is 0. The number of nitriles is 1. The highest BCUT2D eigenvalue weighted by atomic mass is 19.1. The SMILES string of the molecule is CC(C(=O)O)C1CN(C(=O)Nc2ccc(F)cc2C#N)C1. The summed E-state index contributed by atoms with van der Waals surface area (Å²) in [7, 11) is 0. The molecule has 7 heteroatoms. The van der Waals surface area contributed by atoms with Crippen LogP contribution in [0.4, 0.5) is 14.9 Å². The molecule has 1 heterocycles. The van der Waals surface area contributed by atoms with Crippen molar-refractivity contribution in [3.05, 3.63) is 29.6 Å². The number of rotatable bonds is 3. The molecule has 1 aliphatic rings. The van der Waals surface area contributed by atoms with Gasteiger partial charge in [-0.2, -0.15) is 5.26 Å². The monoisotopic (exact) mass is 291 g/mol. The van der Waals surface area contributed by atoms with Crippen LogP contribution in [0.15, 0.2) is 18.2 Å². The second-order valence-corrected chi connectivity index (χ2v) is 5.02. The molecular formula is C14H14FN3O3. The predicted octanol–water partition coefficient (Wildman–Crippen LogP) is 1.88. The van der Waals surface area contributed by atoms with Gasteiger partial charge in [0.25, 0.3) is 0 Å². The zero-order valence-corrected chi connectivity index (χ0v) is 11.3. The van der Waals surface area contributed by atoms with Crippen LogP contribution in [0.2, 0.25) is 0 Å². The number of amides is 2. The summed E-state index contributed by atoms with van der Waals surface area (Å²) in [5.41, 5.74) is 0.276. The first kappa shape index (κ1) is 14.8. The van der Waals surface area contributed by atoms with Crippen molar-refractivity contribution in [2.75, 3.05) is 18.4 Å². The molecule has 21 heavy (non-hydrogen) atoms. The van der Waals surface area contributed by atoms with E-state index in [0.29, 0.717) is 13.1 Å². The average molecular weight is 291 g/mol. The first-order valence-electron chi connectivity index (χ1n) is 6.40. The standard InChI is InChI=1S/C14H14FN3O3/c1-8(13(19)20)10-6-18(7-10)14(21)17-12-3-2-11(15)4-9(12)5-16/h2-4,8,10H,6-7H2,1H3,(H,17,21)(H,19,20). The normalized spacial score (nSPS) is 15.8. The van der Waals surface area contributed by atoms with Gasteiger partial charge in [0.2, 0.25) is 0 Å². The highest BCUT2D eigenvalue weighted by Crippen LogP contribution is 2.25. The molecule has 1 saturated heterocycles. The van der Waals surface area contributed by atoms with Crippen molar-refractivity contribution in [3.63, 3.8) is 0 Å². The average Bonchev–Trinajstić information content (AvgIpc) is 2.38. The maximum atomic E-state index is 13.0. The van der Waals surface area contributed by atoms with Gasteiger partial charge in [-0.15, -0.1) is 0 Å². The Kier molecular flexibility index (Phi) is 4.08. The number of hydrogen-bond donors (Lipinski definition) is 2. The van der Waals surface area contributed by atoms with Crippen LogP contribution in [0.25, 0.3) is 0 Å². The Bertz CT molecular complexity index is 620. The maximum absolute atomic E-state index is 13.0. The van der Waals surface area contributed by atoms with Crippen LogP contribution in [-0.2, 0) is 4.79 Å². The Hall–Kier alpha value is -2.62. The lowest BCUT2D eigenvalue weighted by molar-refractivity contribution is -0.144. The fraction of sp³-hybridized carbons (Fsp3) is 0.357. The van der Waals surface area contributed by atoms with Gasteiger partial charge in [-0.1, -0.05) is 6.92 Å². The van der Waals surface area contributed by atoms with Crippen molar-refractivity contribution < 1.29 is 19.1 Å². The molecule has 1 aliphatic heterocycles. The first-order chi connectivity index (χ1) is 9.92. The molecule has 1 aromatic rings. The number of carboxylic acids is 1. The van der Waals surface area contributed by atoms with E-state index >= 15 is 0 Å². The van der Waals surface area contributed by atoms with Gasteiger partial charge in [-0.05, 0) is 18.2 Å². The van der Waals surface area contributed by atoms with Crippen molar-refractivity contribution in [1.82, 2.24) is 4.90 Å². The van der Waals surface area contributed by atoms with E-state index in [4.69, 9.17) is 10.4 Å². The van der Waals surface area contributed by atoms with Crippen molar-refractivity contribution >= 4 is 17.7 Å². The number of aliphatic carboxylic acids is 1. The fourth-order valence-corrected chi connectivity index (χ4v) is 2.11. The minimum Gasteiger partial charge on any atom is -0.481 e. The Balaban J connectivity index is 1.96. The van der Waals surface area contributed by atoms with E-state index in [1.807, 2.05) is 6.07 Å². The van der Waals surface area contributed by atoms with E-state index in [2.05, 4.69) is 5.32 Å². The molecule has 0 aromatic heterocycles. The predicted molar refractivity (Wildman–Crippen MR) is 72.0 cm³/mol. The minimum atomic E-state index is -0.884. The summed E-state index contributed by atoms with van der Waals surface area (Å²) in [5.74, 6) is -2.01. The molecule has 2 amide bonds. The molecular weight excluding hydrogens is 277 g/mol. The third-order valence-electron chi connectivity index (χ3n) is 3.64. The molecule has 1 unspecified atom stereocenters. The first-order valence-corrected chi connectivity index (χ1v) is 6.40. The summed E-state index contributed by atoms with van der Waals surface area (Å²) in [6.45, 7) is 2.31. The number of anilines is 1. The molecule has 1 atom stereocenters. The summed E-state index contributed by atoms with van der Waals surface area (Å²) in [5, 5.41) is 20.3. The van der Waals surface area contributed by atoms with Crippen LogP contribution < -0.4 is 5.32 Å². The summed E-state index contributed by atoms with van der Waals surface area (Å²) < 4.78 is 13.0. The number of likely N-dealkylation sites (tertiary alicyclic amines) is 1. The number of halogens is 1. The third-order valence-corrected chi connectivity index (χ3v) is 3.64. The zero-order valence-electron chi connectivity index (χ0n) is 11.3. The number of benzene rings is 1. The smallest absolute Gasteiger partial charge is 0.321 e. The molecule has 1 aromatic carbocycles. The number of carbonyl (C=O) groups excluding carboxylic acids is 1. The number of carboxylic acid groups (broad SMARTS) is 1. The van der Waals surface area contributed by atoms with Crippen LogP contribution in [0.1, 0.15) is 12.5 Å². The lowest BCUT2D eigenvalue weighted by Gasteiger charge is -2.41. The number of urea groups is 1. The van der Waals surface area contributed by atoms with E-state index in [9.17, 15) is 14.0 Å². The number of carbonyl (C=O) groups is 2. The third kappa shape index (κ3) is 3.11.